The monoisotopic (exact) mass is 237 g/mol. The molecule has 0 radical (unpaired) electrons. The predicted molar refractivity (Wildman–Crippen MR) is 53.8 cm³/mol. The molecule has 0 saturated carbocycles. The maximum absolute atomic E-state index is 4.27. The summed E-state index contributed by atoms with van der Waals surface area (Å²) in [5.74, 6) is 0.815. The normalized spacial score (nSPS) is 10.3. The minimum atomic E-state index is 0.815. The molecule has 2 heterocycles. The number of nitrogens with zero attached hydrogens (tertiary/aromatic N) is 3. The number of aromatic nitrogens is 3. The zero-order valence-corrected chi connectivity index (χ0v) is 8.69. The molecule has 2 aromatic rings. The van der Waals surface area contributed by atoms with Crippen LogP contribution in [0.5, 0.6) is 0 Å². The molecule has 2 rings (SSSR count). The molecule has 0 saturated heterocycles. The summed E-state index contributed by atoms with van der Waals surface area (Å²) in [4.78, 5) is 4.22. The molecule has 0 spiro atoms. The maximum Gasteiger partial charge on any atom is 0.167 e. The summed E-state index contributed by atoms with van der Waals surface area (Å²) in [6, 6.07) is 5.77. The van der Waals surface area contributed by atoms with Crippen LogP contribution in [0, 0.1) is 6.92 Å². The van der Waals surface area contributed by atoms with Crippen LogP contribution in [0.1, 0.15) is 5.69 Å². The molecule has 0 N–H and O–H groups in total. The van der Waals surface area contributed by atoms with E-state index < -0.39 is 0 Å². The van der Waals surface area contributed by atoms with Crippen LogP contribution in [0.15, 0.2) is 35.1 Å². The Hall–Kier alpha value is -1.16. The Balaban J connectivity index is 2.52. The molecular formula is C9H8BrN3. The second-order valence-electron chi connectivity index (χ2n) is 2.71. The Morgan fingerprint density at radius 3 is 2.85 bits per heavy atom. The fourth-order valence-electron chi connectivity index (χ4n) is 1.08. The van der Waals surface area contributed by atoms with Gasteiger partial charge in [-0.3, -0.25) is 0 Å². The van der Waals surface area contributed by atoms with E-state index in [1.807, 2.05) is 31.3 Å². The van der Waals surface area contributed by atoms with E-state index in [1.165, 1.54) is 0 Å². The second-order valence-corrected chi connectivity index (χ2v) is 3.56. The molecule has 0 aliphatic rings. The third-order valence-corrected chi connectivity index (χ3v) is 2.30. The van der Waals surface area contributed by atoms with Gasteiger partial charge in [0.2, 0.25) is 0 Å². The van der Waals surface area contributed by atoms with Crippen LogP contribution in [0.25, 0.3) is 5.82 Å². The summed E-state index contributed by atoms with van der Waals surface area (Å²) in [6.45, 7) is 1.95. The van der Waals surface area contributed by atoms with Crippen LogP contribution >= 0.6 is 15.9 Å². The lowest BCUT2D eigenvalue weighted by Crippen LogP contribution is -1.98. The van der Waals surface area contributed by atoms with E-state index in [9.17, 15) is 0 Å². The smallest absolute Gasteiger partial charge is 0.167 e. The average Bonchev–Trinajstić information content (AvgIpc) is 2.53. The van der Waals surface area contributed by atoms with Gasteiger partial charge in [-0.15, -0.1) is 0 Å². The summed E-state index contributed by atoms with van der Waals surface area (Å²) in [6.07, 6.45) is 3.64. The molecule has 0 fully saturated rings. The molecule has 0 amide bonds. The highest BCUT2D eigenvalue weighted by molar-refractivity contribution is 9.10. The Bertz CT molecular complexity index is 422. The lowest BCUT2D eigenvalue weighted by molar-refractivity contribution is 0.827. The molecule has 0 aliphatic heterocycles. The van der Waals surface area contributed by atoms with Crippen molar-refractivity contribution in [2.75, 3.05) is 0 Å². The van der Waals surface area contributed by atoms with Crippen molar-refractivity contribution in [2.45, 2.75) is 6.92 Å². The molecule has 3 nitrogen and oxygen atoms in total. The Kier molecular flexibility index (Phi) is 2.14. The lowest BCUT2D eigenvalue weighted by Gasteiger charge is -2.01. The number of hydrogen-bond donors (Lipinski definition) is 0. The van der Waals surface area contributed by atoms with E-state index in [0.717, 1.165) is 16.0 Å². The Morgan fingerprint density at radius 2 is 2.23 bits per heavy atom. The number of aryl methyl sites for hydroxylation is 1. The van der Waals surface area contributed by atoms with Crippen molar-refractivity contribution in [1.82, 2.24) is 14.8 Å². The first kappa shape index (κ1) is 8.44. The molecule has 0 bridgehead atoms. The average molecular weight is 238 g/mol. The van der Waals surface area contributed by atoms with Gasteiger partial charge in [0.1, 0.15) is 0 Å². The van der Waals surface area contributed by atoms with Gasteiger partial charge in [-0.1, -0.05) is 0 Å². The topological polar surface area (TPSA) is 30.7 Å². The largest absolute Gasteiger partial charge is 0.236 e. The van der Waals surface area contributed by atoms with E-state index >= 15 is 0 Å². The van der Waals surface area contributed by atoms with Crippen LogP contribution in [-0.2, 0) is 0 Å². The zero-order valence-electron chi connectivity index (χ0n) is 7.11. The lowest BCUT2D eigenvalue weighted by atomic mass is 10.5. The quantitative estimate of drug-likeness (QED) is 0.763. The van der Waals surface area contributed by atoms with Crippen molar-refractivity contribution in [3.05, 3.63) is 40.8 Å². The van der Waals surface area contributed by atoms with Gasteiger partial charge in [0.25, 0.3) is 0 Å². The van der Waals surface area contributed by atoms with Gasteiger partial charge >= 0.3 is 0 Å². The third kappa shape index (κ3) is 1.62. The first-order chi connectivity index (χ1) is 6.27. The number of halogens is 1. The zero-order chi connectivity index (χ0) is 9.26. The summed E-state index contributed by atoms with van der Waals surface area (Å²) in [7, 11) is 0. The molecule has 4 heteroatoms. The minimum absolute atomic E-state index is 0.815. The van der Waals surface area contributed by atoms with Gasteiger partial charge in [0.05, 0.1) is 10.2 Å². The summed E-state index contributed by atoms with van der Waals surface area (Å²) in [5.41, 5.74) is 0.984. The molecule has 66 valence electrons. The van der Waals surface area contributed by atoms with Gasteiger partial charge in [-0.2, -0.15) is 5.10 Å². The fraction of sp³-hybridized carbons (Fsp3) is 0.111. The first-order valence-corrected chi connectivity index (χ1v) is 4.70. The highest BCUT2D eigenvalue weighted by Crippen LogP contribution is 2.16. The van der Waals surface area contributed by atoms with Crippen molar-refractivity contribution in [3.8, 4) is 5.82 Å². The Morgan fingerprint density at radius 1 is 1.38 bits per heavy atom. The molecule has 0 unspecified atom stereocenters. The highest BCUT2D eigenvalue weighted by atomic mass is 79.9. The van der Waals surface area contributed by atoms with Gasteiger partial charge in [0.15, 0.2) is 5.82 Å². The molecule has 2 aromatic heterocycles. The van der Waals surface area contributed by atoms with Crippen LogP contribution in [0.4, 0.5) is 0 Å². The van der Waals surface area contributed by atoms with Crippen LogP contribution < -0.4 is 0 Å². The van der Waals surface area contributed by atoms with Crippen molar-refractivity contribution >= 4 is 15.9 Å². The fourth-order valence-corrected chi connectivity index (χ4v) is 1.52. The van der Waals surface area contributed by atoms with Crippen molar-refractivity contribution in [3.63, 3.8) is 0 Å². The van der Waals surface area contributed by atoms with Crippen molar-refractivity contribution in [1.29, 1.82) is 0 Å². The van der Waals surface area contributed by atoms with Crippen LogP contribution in [0.2, 0.25) is 0 Å². The van der Waals surface area contributed by atoms with Gasteiger partial charge in [0, 0.05) is 12.4 Å². The predicted octanol–water partition coefficient (Wildman–Crippen LogP) is 2.34. The van der Waals surface area contributed by atoms with Crippen molar-refractivity contribution < 1.29 is 0 Å². The molecular weight excluding hydrogens is 230 g/mol. The minimum Gasteiger partial charge on any atom is -0.236 e. The van der Waals surface area contributed by atoms with Crippen LogP contribution in [0.3, 0.4) is 0 Å². The van der Waals surface area contributed by atoms with E-state index in [1.54, 1.807) is 10.9 Å². The van der Waals surface area contributed by atoms with E-state index in [0.29, 0.717) is 0 Å². The molecule has 13 heavy (non-hydrogen) atoms. The van der Waals surface area contributed by atoms with Gasteiger partial charge < -0.3 is 0 Å². The first-order valence-electron chi connectivity index (χ1n) is 3.90. The Labute approximate surface area is 84.5 Å². The summed E-state index contributed by atoms with van der Waals surface area (Å²) < 4.78 is 2.69. The molecule has 0 aromatic carbocycles. The highest BCUT2D eigenvalue weighted by Gasteiger charge is 2.02. The molecule has 0 atom stereocenters. The van der Waals surface area contributed by atoms with Crippen molar-refractivity contribution in [2.24, 2.45) is 0 Å². The maximum atomic E-state index is 4.27. The van der Waals surface area contributed by atoms with E-state index in [2.05, 4.69) is 26.0 Å². The molecule has 0 aliphatic carbocycles. The van der Waals surface area contributed by atoms with Gasteiger partial charge in [-0.25, -0.2) is 9.67 Å². The standard InChI is InChI=1S/C9H8BrN3/c1-7-4-6-13(12-7)9-8(10)3-2-5-11-9/h2-6H,1H3. The number of rotatable bonds is 1. The number of pyridine rings is 1. The van der Waals surface area contributed by atoms with E-state index in [-0.39, 0.29) is 0 Å². The summed E-state index contributed by atoms with van der Waals surface area (Å²) >= 11 is 3.42. The van der Waals surface area contributed by atoms with E-state index in [4.69, 9.17) is 0 Å². The SMILES string of the molecule is Cc1ccn(-c2ncccc2Br)n1. The second kappa shape index (κ2) is 3.30. The summed E-state index contributed by atoms with van der Waals surface area (Å²) in [5, 5.41) is 4.27. The number of hydrogen-bond acceptors (Lipinski definition) is 2. The third-order valence-electron chi connectivity index (χ3n) is 1.68. The van der Waals surface area contributed by atoms with Gasteiger partial charge in [-0.05, 0) is 41.1 Å². The van der Waals surface area contributed by atoms with Crippen LogP contribution in [-0.4, -0.2) is 14.8 Å².